The molecule has 0 fully saturated rings. The highest BCUT2D eigenvalue weighted by Gasteiger charge is 2.35. The fourth-order valence-electron chi connectivity index (χ4n) is 4.23. The molecule has 0 saturated carbocycles. The maximum absolute atomic E-state index is 6.25. The molecule has 1 aliphatic heterocycles. The van der Waals surface area contributed by atoms with Crippen molar-refractivity contribution < 1.29 is 0 Å². The summed E-state index contributed by atoms with van der Waals surface area (Å²) in [4.78, 5) is 2.41. The number of aromatic nitrogens is 6. The number of benzene rings is 2. The first kappa shape index (κ1) is 19.9. The van der Waals surface area contributed by atoms with E-state index in [1.54, 1.807) is 0 Å². The van der Waals surface area contributed by atoms with Gasteiger partial charge < -0.3 is 0 Å². The minimum absolute atomic E-state index is 0.0856. The molecular weight excluding hydrogens is 410 g/mol. The Hall–Kier alpha value is -3.03. The van der Waals surface area contributed by atoms with Crippen LogP contribution in [0.5, 0.6) is 0 Å². The molecule has 1 unspecified atom stereocenters. The van der Waals surface area contributed by atoms with E-state index in [9.17, 15) is 0 Å². The first-order chi connectivity index (χ1) is 15.1. The van der Waals surface area contributed by atoms with Gasteiger partial charge in [0.25, 0.3) is 0 Å². The standard InChI is InChI=1S/C23H24ClN7/c1-16(2)21-20(15-31(26-21)19-9-4-3-5-10-19)22-23-25-27-28-30(23)12-11-29(22)14-17-7-6-8-18(24)13-17/h3-10,13,15-16,22H,11-12,14H2,1-2H3. The van der Waals surface area contributed by atoms with Gasteiger partial charge in [0.05, 0.1) is 17.9 Å². The largest absolute Gasteiger partial charge is 0.283 e. The predicted molar refractivity (Wildman–Crippen MR) is 119 cm³/mol. The monoisotopic (exact) mass is 433 g/mol. The molecule has 4 aromatic rings. The number of hydrogen-bond acceptors (Lipinski definition) is 5. The lowest BCUT2D eigenvalue weighted by atomic mass is 9.97. The minimum Gasteiger partial charge on any atom is -0.283 e. The Morgan fingerprint density at radius 3 is 2.68 bits per heavy atom. The summed E-state index contributed by atoms with van der Waals surface area (Å²) < 4.78 is 3.87. The lowest BCUT2D eigenvalue weighted by Crippen LogP contribution is -2.39. The van der Waals surface area contributed by atoms with Crippen molar-refractivity contribution in [2.24, 2.45) is 0 Å². The molecule has 8 heteroatoms. The maximum atomic E-state index is 6.25. The molecule has 3 heterocycles. The van der Waals surface area contributed by atoms with Gasteiger partial charge in [0.1, 0.15) is 6.04 Å². The summed E-state index contributed by atoms with van der Waals surface area (Å²) >= 11 is 6.25. The van der Waals surface area contributed by atoms with Crippen LogP contribution in [0.4, 0.5) is 0 Å². The van der Waals surface area contributed by atoms with Crippen molar-refractivity contribution in [1.29, 1.82) is 0 Å². The van der Waals surface area contributed by atoms with Crippen molar-refractivity contribution in [2.45, 2.75) is 38.9 Å². The highest BCUT2D eigenvalue weighted by Crippen LogP contribution is 2.36. The van der Waals surface area contributed by atoms with Crippen LogP contribution in [0.3, 0.4) is 0 Å². The van der Waals surface area contributed by atoms with Gasteiger partial charge in [-0.3, -0.25) is 4.90 Å². The Bertz CT molecular complexity index is 1180. The van der Waals surface area contributed by atoms with E-state index in [4.69, 9.17) is 16.7 Å². The Morgan fingerprint density at radius 2 is 1.90 bits per heavy atom. The number of fused-ring (bicyclic) bond motifs is 1. The molecule has 1 aliphatic rings. The van der Waals surface area contributed by atoms with Crippen LogP contribution in [0.1, 0.15) is 48.5 Å². The zero-order valence-corrected chi connectivity index (χ0v) is 18.3. The third-order valence-electron chi connectivity index (χ3n) is 5.68. The van der Waals surface area contributed by atoms with Crippen LogP contribution < -0.4 is 0 Å². The fourth-order valence-corrected chi connectivity index (χ4v) is 4.44. The molecule has 0 bridgehead atoms. The molecule has 1 atom stereocenters. The fraction of sp³-hybridized carbons (Fsp3) is 0.304. The normalized spacial score (nSPS) is 16.6. The van der Waals surface area contributed by atoms with Crippen LogP contribution in [-0.4, -0.2) is 41.4 Å². The van der Waals surface area contributed by atoms with Gasteiger partial charge in [-0.1, -0.05) is 55.8 Å². The van der Waals surface area contributed by atoms with Gasteiger partial charge in [0.2, 0.25) is 0 Å². The van der Waals surface area contributed by atoms with E-state index in [2.05, 4.69) is 58.7 Å². The molecular formula is C23H24ClN7. The summed E-state index contributed by atoms with van der Waals surface area (Å²) in [5.41, 5.74) is 4.39. The van der Waals surface area contributed by atoms with Gasteiger partial charge in [0.15, 0.2) is 5.82 Å². The molecule has 0 radical (unpaired) electrons. The molecule has 158 valence electrons. The summed E-state index contributed by atoms with van der Waals surface area (Å²) in [7, 11) is 0. The van der Waals surface area contributed by atoms with Gasteiger partial charge in [-0.25, -0.2) is 9.36 Å². The second kappa shape index (κ2) is 8.24. The van der Waals surface area contributed by atoms with Crippen LogP contribution in [0, 0.1) is 0 Å². The molecule has 0 amide bonds. The lowest BCUT2D eigenvalue weighted by molar-refractivity contribution is 0.163. The molecule has 0 aliphatic carbocycles. The summed E-state index contributed by atoms with van der Waals surface area (Å²) in [5, 5.41) is 18.3. The number of rotatable bonds is 5. The van der Waals surface area contributed by atoms with Crippen molar-refractivity contribution in [3.8, 4) is 5.69 Å². The summed E-state index contributed by atoms with van der Waals surface area (Å²) in [6.45, 7) is 6.70. The molecule has 5 rings (SSSR count). The van der Waals surface area contributed by atoms with Crippen molar-refractivity contribution in [3.63, 3.8) is 0 Å². The summed E-state index contributed by atoms with van der Waals surface area (Å²) in [6, 6.07) is 18.1. The van der Waals surface area contributed by atoms with Crippen molar-refractivity contribution >= 4 is 11.6 Å². The first-order valence-electron chi connectivity index (χ1n) is 10.5. The third kappa shape index (κ3) is 3.86. The lowest BCUT2D eigenvalue weighted by Gasteiger charge is -2.34. The van der Waals surface area contributed by atoms with Crippen LogP contribution in [-0.2, 0) is 13.1 Å². The topological polar surface area (TPSA) is 64.7 Å². The second-order valence-corrected chi connectivity index (χ2v) is 8.60. The van der Waals surface area contributed by atoms with Gasteiger partial charge in [-0.05, 0) is 46.2 Å². The Kier molecular flexibility index (Phi) is 5.29. The molecule has 0 saturated heterocycles. The average molecular weight is 434 g/mol. The molecule has 2 aromatic carbocycles. The number of para-hydroxylation sites is 1. The zero-order chi connectivity index (χ0) is 21.4. The smallest absolute Gasteiger partial charge is 0.173 e. The van der Waals surface area contributed by atoms with E-state index < -0.39 is 0 Å². The van der Waals surface area contributed by atoms with Gasteiger partial charge >= 0.3 is 0 Å². The Morgan fingerprint density at radius 1 is 1.06 bits per heavy atom. The second-order valence-electron chi connectivity index (χ2n) is 8.17. The van der Waals surface area contributed by atoms with Gasteiger partial charge in [-0.15, -0.1) is 5.10 Å². The van der Waals surface area contributed by atoms with Crippen LogP contribution in [0.2, 0.25) is 5.02 Å². The minimum atomic E-state index is -0.0856. The molecule has 7 nitrogen and oxygen atoms in total. The van der Waals surface area contributed by atoms with Crippen LogP contribution >= 0.6 is 11.6 Å². The first-order valence-corrected chi connectivity index (χ1v) is 10.9. The highest BCUT2D eigenvalue weighted by atomic mass is 35.5. The Labute approximate surface area is 186 Å². The van der Waals surface area contributed by atoms with E-state index in [-0.39, 0.29) is 12.0 Å². The van der Waals surface area contributed by atoms with Crippen LogP contribution in [0.15, 0.2) is 60.8 Å². The Balaban J connectivity index is 1.60. The zero-order valence-electron chi connectivity index (χ0n) is 17.6. The van der Waals surface area contributed by atoms with E-state index in [0.29, 0.717) is 0 Å². The molecule has 0 spiro atoms. The van der Waals surface area contributed by atoms with E-state index in [1.165, 1.54) is 5.56 Å². The van der Waals surface area contributed by atoms with Crippen molar-refractivity contribution in [3.05, 3.63) is 88.5 Å². The maximum Gasteiger partial charge on any atom is 0.173 e. The molecule has 2 aromatic heterocycles. The SMILES string of the molecule is CC(C)c1nn(-c2ccccc2)cc1C1c2nnnn2CCN1Cc1cccc(Cl)c1. The molecule has 0 N–H and O–H groups in total. The third-order valence-corrected chi connectivity index (χ3v) is 5.91. The highest BCUT2D eigenvalue weighted by molar-refractivity contribution is 6.30. The predicted octanol–water partition coefficient (Wildman–Crippen LogP) is 4.24. The van der Waals surface area contributed by atoms with Gasteiger partial charge in [-0.2, -0.15) is 5.10 Å². The van der Waals surface area contributed by atoms with Crippen molar-refractivity contribution in [1.82, 2.24) is 34.9 Å². The van der Waals surface area contributed by atoms with E-state index in [1.807, 2.05) is 45.8 Å². The number of halogens is 1. The van der Waals surface area contributed by atoms with E-state index >= 15 is 0 Å². The van der Waals surface area contributed by atoms with Gasteiger partial charge in [0, 0.05) is 29.9 Å². The summed E-state index contributed by atoms with van der Waals surface area (Å²) in [5.74, 6) is 1.11. The van der Waals surface area contributed by atoms with Crippen LogP contribution in [0.25, 0.3) is 5.69 Å². The van der Waals surface area contributed by atoms with E-state index in [0.717, 1.165) is 47.4 Å². The number of tetrazole rings is 1. The van der Waals surface area contributed by atoms with Crippen molar-refractivity contribution in [2.75, 3.05) is 6.54 Å². The summed E-state index contributed by atoms with van der Waals surface area (Å²) in [6.07, 6.45) is 2.13. The number of nitrogens with zero attached hydrogens (tertiary/aromatic N) is 7. The molecule has 31 heavy (non-hydrogen) atoms. The quantitative estimate of drug-likeness (QED) is 0.471. The number of hydrogen-bond donors (Lipinski definition) is 0. The average Bonchev–Trinajstić information content (AvgIpc) is 3.42.